The number of allylic oxidation sites excluding steroid dienone is 1. The number of hydrogen-bond donors (Lipinski definition) is 2. The Bertz CT molecular complexity index is 1160. The third-order valence-corrected chi connectivity index (χ3v) is 5.27. The number of carboxylic acid groups (broad SMARTS) is 1. The number of aliphatic carboxylic acids is 1. The number of nitrogens with one attached hydrogen (secondary N) is 1. The van der Waals surface area contributed by atoms with Crippen molar-refractivity contribution in [2.75, 3.05) is 5.32 Å². The second-order valence-electron chi connectivity index (χ2n) is 7.35. The number of nitrogens with zero attached hydrogens (tertiary/aromatic N) is 2. The molecule has 6 nitrogen and oxygen atoms in total. The van der Waals surface area contributed by atoms with Gasteiger partial charge >= 0.3 is 5.97 Å². The van der Waals surface area contributed by atoms with Crippen LogP contribution in [0.4, 0.5) is 11.5 Å². The van der Waals surface area contributed by atoms with Crippen LogP contribution in [0, 0.1) is 13.8 Å². The maximum Gasteiger partial charge on any atom is 0.331 e. The Morgan fingerprint density at radius 2 is 1.85 bits per heavy atom. The van der Waals surface area contributed by atoms with E-state index in [2.05, 4.69) is 21.6 Å². The fourth-order valence-corrected chi connectivity index (χ4v) is 3.41. The van der Waals surface area contributed by atoms with Gasteiger partial charge < -0.3 is 15.2 Å². The fourth-order valence-electron chi connectivity index (χ4n) is 3.18. The van der Waals surface area contributed by atoms with Gasteiger partial charge in [-0.15, -0.1) is 5.10 Å². The molecule has 0 atom stereocenters. The summed E-state index contributed by atoms with van der Waals surface area (Å²) in [6, 6.07) is 13.5. The minimum absolute atomic E-state index is 0.247. The summed E-state index contributed by atoms with van der Waals surface area (Å²) in [5, 5.41) is 21.2. The average molecular weight is 468 g/mol. The Hall–Kier alpha value is -3.38. The van der Waals surface area contributed by atoms with Crippen LogP contribution < -0.4 is 10.1 Å². The summed E-state index contributed by atoms with van der Waals surface area (Å²) in [4.78, 5) is 11.4. The van der Waals surface area contributed by atoms with E-state index in [0.717, 1.165) is 11.1 Å². The molecule has 3 rings (SSSR count). The second kappa shape index (κ2) is 12.0. The Morgan fingerprint density at radius 3 is 2.48 bits per heavy atom. The van der Waals surface area contributed by atoms with Gasteiger partial charge in [-0.3, -0.25) is 0 Å². The average Bonchev–Trinajstić information content (AvgIpc) is 2.79. The van der Waals surface area contributed by atoms with Gasteiger partial charge in [0.15, 0.2) is 5.82 Å². The highest BCUT2D eigenvalue weighted by molar-refractivity contribution is 6.32. The van der Waals surface area contributed by atoms with Crippen LogP contribution in [-0.2, 0) is 11.4 Å². The number of aryl methyl sites for hydroxylation is 2. The third kappa shape index (κ3) is 6.80. The van der Waals surface area contributed by atoms with Crippen LogP contribution in [0.25, 0.3) is 5.57 Å². The first-order valence-corrected chi connectivity index (χ1v) is 11.1. The number of carboxylic acids is 1. The molecule has 0 saturated heterocycles. The van der Waals surface area contributed by atoms with Crippen LogP contribution in [-0.4, -0.2) is 21.3 Å². The normalized spacial score (nSPS) is 11.1. The van der Waals surface area contributed by atoms with Crippen molar-refractivity contribution < 1.29 is 14.6 Å². The van der Waals surface area contributed by atoms with Crippen LogP contribution in [0.5, 0.6) is 5.75 Å². The van der Waals surface area contributed by atoms with E-state index in [1.54, 1.807) is 32.2 Å². The third-order valence-electron chi connectivity index (χ3n) is 4.97. The molecule has 0 aliphatic carbocycles. The summed E-state index contributed by atoms with van der Waals surface area (Å²) >= 11 is 6.43. The zero-order valence-electron chi connectivity index (χ0n) is 19.9. The van der Waals surface area contributed by atoms with E-state index in [1.165, 1.54) is 5.56 Å². The van der Waals surface area contributed by atoms with Crippen molar-refractivity contribution in [1.29, 1.82) is 0 Å². The van der Waals surface area contributed by atoms with Crippen molar-refractivity contribution in [3.05, 3.63) is 81.5 Å². The van der Waals surface area contributed by atoms with E-state index in [-0.39, 0.29) is 5.57 Å². The lowest BCUT2D eigenvalue weighted by Crippen LogP contribution is -2.06. The largest absolute Gasteiger partial charge is 0.487 e. The molecule has 0 fully saturated rings. The van der Waals surface area contributed by atoms with Gasteiger partial charge in [0.1, 0.15) is 12.4 Å². The minimum Gasteiger partial charge on any atom is -0.487 e. The predicted octanol–water partition coefficient (Wildman–Crippen LogP) is 6.97. The number of carbonyl (C=O) groups is 1. The standard InChI is InChI=1S/C24H24ClN3O3.C2H6/c1-14-6-5-7-18(10-14)13-31-21-9-8-19(11-20(21)25)27-23-22(15(2)12-26-28-23)16(3)17(4)24(29)30;1-2/h5-12H,13H2,1-4H3,(H,27,28)(H,29,30);1-2H3/b17-16+;. The molecule has 0 aliphatic rings. The summed E-state index contributed by atoms with van der Waals surface area (Å²) in [6.07, 6.45) is 1.61. The summed E-state index contributed by atoms with van der Waals surface area (Å²) in [6.45, 7) is 11.6. The number of anilines is 2. The monoisotopic (exact) mass is 467 g/mol. The van der Waals surface area contributed by atoms with Crippen molar-refractivity contribution in [1.82, 2.24) is 10.2 Å². The van der Waals surface area contributed by atoms with Crippen molar-refractivity contribution in [2.45, 2.75) is 48.1 Å². The van der Waals surface area contributed by atoms with Crippen molar-refractivity contribution >= 4 is 34.6 Å². The predicted molar refractivity (Wildman–Crippen MR) is 134 cm³/mol. The van der Waals surface area contributed by atoms with Gasteiger partial charge in [-0.25, -0.2) is 4.79 Å². The Kier molecular flexibility index (Phi) is 9.43. The fraction of sp³-hybridized carbons (Fsp3) is 0.269. The SMILES string of the molecule is C/C(C(=O)O)=C(/C)c1c(C)cnnc1Nc1ccc(OCc2cccc(C)c2)c(Cl)c1.CC. The number of halogens is 1. The Balaban J connectivity index is 0.00000187. The highest BCUT2D eigenvalue weighted by atomic mass is 35.5. The van der Waals surface area contributed by atoms with Crippen molar-refractivity contribution in [3.63, 3.8) is 0 Å². The number of hydrogen-bond acceptors (Lipinski definition) is 5. The maximum absolute atomic E-state index is 11.4. The van der Waals surface area contributed by atoms with Crippen LogP contribution >= 0.6 is 11.6 Å². The molecule has 0 saturated carbocycles. The zero-order chi connectivity index (χ0) is 24.5. The quantitative estimate of drug-likeness (QED) is 0.365. The summed E-state index contributed by atoms with van der Waals surface area (Å²) < 4.78 is 5.86. The first-order valence-electron chi connectivity index (χ1n) is 10.7. The molecule has 174 valence electrons. The molecule has 2 N–H and O–H groups in total. The zero-order valence-corrected chi connectivity index (χ0v) is 20.6. The van der Waals surface area contributed by atoms with Gasteiger partial charge in [0.2, 0.25) is 0 Å². The molecule has 0 bridgehead atoms. The Morgan fingerprint density at radius 1 is 1.12 bits per heavy atom. The molecular formula is C26H30ClN3O3. The van der Waals surface area contributed by atoms with Gasteiger partial charge in [0.25, 0.3) is 0 Å². The molecule has 0 radical (unpaired) electrons. The minimum atomic E-state index is -0.974. The molecule has 0 amide bonds. The molecule has 1 aromatic heterocycles. The van der Waals surface area contributed by atoms with Crippen LogP contribution in [0.3, 0.4) is 0 Å². The van der Waals surface area contributed by atoms with E-state index in [9.17, 15) is 9.90 Å². The molecule has 1 heterocycles. The molecule has 0 unspecified atom stereocenters. The number of ether oxygens (including phenoxy) is 1. The van der Waals surface area contributed by atoms with E-state index in [0.29, 0.717) is 40.0 Å². The number of benzene rings is 2. The van der Waals surface area contributed by atoms with Gasteiger partial charge in [0, 0.05) is 16.8 Å². The molecule has 2 aromatic carbocycles. The van der Waals surface area contributed by atoms with E-state index < -0.39 is 5.97 Å². The van der Waals surface area contributed by atoms with Gasteiger partial charge in [-0.2, -0.15) is 5.10 Å². The van der Waals surface area contributed by atoms with Crippen molar-refractivity contribution in [2.24, 2.45) is 0 Å². The number of aromatic nitrogens is 2. The second-order valence-corrected chi connectivity index (χ2v) is 7.76. The first-order chi connectivity index (χ1) is 15.8. The Labute approximate surface area is 200 Å². The maximum atomic E-state index is 11.4. The van der Waals surface area contributed by atoms with Gasteiger partial charge in [0.05, 0.1) is 11.2 Å². The molecule has 7 heteroatoms. The van der Waals surface area contributed by atoms with E-state index in [1.807, 2.05) is 52.0 Å². The molecular weight excluding hydrogens is 438 g/mol. The molecule has 3 aromatic rings. The lowest BCUT2D eigenvalue weighted by atomic mass is 9.99. The molecule has 0 spiro atoms. The lowest BCUT2D eigenvalue weighted by Gasteiger charge is -2.15. The van der Waals surface area contributed by atoms with Gasteiger partial charge in [-0.1, -0.05) is 55.3 Å². The lowest BCUT2D eigenvalue weighted by molar-refractivity contribution is -0.132. The van der Waals surface area contributed by atoms with Gasteiger partial charge in [-0.05, 0) is 62.6 Å². The summed E-state index contributed by atoms with van der Waals surface area (Å²) in [5.74, 6) is 0.0579. The van der Waals surface area contributed by atoms with E-state index >= 15 is 0 Å². The van der Waals surface area contributed by atoms with Crippen molar-refractivity contribution in [3.8, 4) is 5.75 Å². The highest BCUT2D eigenvalue weighted by Crippen LogP contribution is 2.33. The summed E-state index contributed by atoms with van der Waals surface area (Å²) in [5.41, 5.74) is 5.31. The molecule has 0 aliphatic heterocycles. The number of rotatable bonds is 7. The van der Waals surface area contributed by atoms with Crippen LogP contribution in [0.2, 0.25) is 5.02 Å². The van der Waals surface area contributed by atoms with Crippen LogP contribution in [0.15, 0.2) is 54.2 Å². The van der Waals surface area contributed by atoms with Crippen LogP contribution in [0.1, 0.15) is 49.9 Å². The highest BCUT2D eigenvalue weighted by Gasteiger charge is 2.16. The molecule has 33 heavy (non-hydrogen) atoms. The first kappa shape index (κ1) is 25.9. The topological polar surface area (TPSA) is 84.3 Å². The smallest absolute Gasteiger partial charge is 0.331 e. The summed E-state index contributed by atoms with van der Waals surface area (Å²) in [7, 11) is 0. The van der Waals surface area contributed by atoms with E-state index in [4.69, 9.17) is 16.3 Å².